The summed E-state index contributed by atoms with van der Waals surface area (Å²) in [4.78, 5) is 12.8. The Balaban J connectivity index is 2.22. The highest BCUT2D eigenvalue weighted by molar-refractivity contribution is 14.1. The molecule has 5 heteroatoms. The minimum Gasteiger partial charge on any atom is -0.444 e. The van der Waals surface area contributed by atoms with E-state index in [0.717, 1.165) is 9.13 Å². The number of halogens is 1. The van der Waals surface area contributed by atoms with E-state index < -0.39 is 5.92 Å². The van der Waals surface area contributed by atoms with Crippen molar-refractivity contribution in [3.05, 3.63) is 56.2 Å². The smallest absolute Gasteiger partial charge is 0.205 e. The molecule has 1 aromatic rings. The summed E-state index contributed by atoms with van der Waals surface area (Å²) >= 11 is 2.23. The van der Waals surface area contributed by atoms with Crippen molar-refractivity contribution in [1.82, 2.24) is 0 Å². The number of Topliss-reactive ketones (excluding diaryl/α,β-unsaturated/α-hetero) is 1. The summed E-state index contributed by atoms with van der Waals surface area (Å²) in [5, 5.41) is 9.56. The van der Waals surface area contributed by atoms with Gasteiger partial charge < -0.3 is 10.5 Å². The van der Waals surface area contributed by atoms with Crippen LogP contribution in [-0.2, 0) is 9.53 Å². The van der Waals surface area contributed by atoms with Crippen LogP contribution in [0.25, 0.3) is 0 Å². The lowest BCUT2D eigenvalue weighted by molar-refractivity contribution is -0.119. The third kappa shape index (κ3) is 2.76. The van der Waals surface area contributed by atoms with Crippen molar-refractivity contribution >= 4 is 28.4 Å². The molecule has 1 aliphatic heterocycles. The lowest BCUT2D eigenvalue weighted by Crippen LogP contribution is -2.33. The lowest BCUT2D eigenvalue weighted by Gasteiger charge is -2.37. The molecule has 2 aliphatic rings. The van der Waals surface area contributed by atoms with E-state index >= 15 is 0 Å². The van der Waals surface area contributed by atoms with Gasteiger partial charge in [-0.3, -0.25) is 4.79 Å². The van der Waals surface area contributed by atoms with Gasteiger partial charge in [0.05, 0.1) is 5.92 Å². The van der Waals surface area contributed by atoms with Crippen LogP contribution in [0.3, 0.4) is 0 Å². The van der Waals surface area contributed by atoms with Gasteiger partial charge in [-0.25, -0.2) is 0 Å². The van der Waals surface area contributed by atoms with Gasteiger partial charge in [0.25, 0.3) is 0 Å². The molecule has 1 atom stereocenters. The average molecular weight is 420 g/mol. The summed E-state index contributed by atoms with van der Waals surface area (Å²) in [6, 6.07) is 9.90. The van der Waals surface area contributed by atoms with Crippen molar-refractivity contribution in [3.63, 3.8) is 0 Å². The summed E-state index contributed by atoms with van der Waals surface area (Å²) in [7, 11) is 0. The maximum atomic E-state index is 12.8. The standard InChI is InChI=1S/C18H17IN2O2/c1-18(2)7-13(22)16-14(8-18)23-17(21)11(9-20)15(16)10-5-3-4-6-12(10)19/h3-6,15H,7-8,21H2,1-2H3/t15-/m0/s1. The Hall–Kier alpha value is -1.81. The Morgan fingerprint density at radius 3 is 2.70 bits per heavy atom. The molecule has 3 rings (SSSR count). The second-order valence-electron chi connectivity index (χ2n) is 6.72. The monoisotopic (exact) mass is 420 g/mol. The molecule has 1 aromatic carbocycles. The first kappa shape index (κ1) is 16.1. The molecule has 0 radical (unpaired) electrons. The molecule has 4 nitrogen and oxygen atoms in total. The van der Waals surface area contributed by atoms with E-state index in [1.54, 1.807) is 0 Å². The Labute approximate surface area is 149 Å². The van der Waals surface area contributed by atoms with Gasteiger partial charge in [-0.15, -0.1) is 0 Å². The minimum atomic E-state index is -0.430. The molecule has 0 aromatic heterocycles. The Morgan fingerprint density at radius 2 is 2.04 bits per heavy atom. The number of rotatable bonds is 1. The molecule has 2 N–H and O–H groups in total. The molecular formula is C18H17IN2O2. The number of nitrogens with two attached hydrogens (primary N) is 1. The molecule has 1 heterocycles. The van der Waals surface area contributed by atoms with Gasteiger partial charge in [-0.2, -0.15) is 5.26 Å². The molecule has 0 bridgehead atoms. The first-order valence-corrected chi connectivity index (χ1v) is 8.50. The number of hydrogen-bond acceptors (Lipinski definition) is 4. The Bertz CT molecular complexity index is 799. The SMILES string of the molecule is CC1(C)CC(=O)C2=C(C1)OC(N)=C(C#N)[C@@H]2c1ccccc1I. The zero-order valence-corrected chi connectivity index (χ0v) is 15.2. The number of carbonyl (C=O) groups is 1. The zero-order chi connectivity index (χ0) is 16.8. The summed E-state index contributed by atoms with van der Waals surface area (Å²) in [6.07, 6.45) is 1.10. The third-order valence-electron chi connectivity index (χ3n) is 4.29. The number of nitriles is 1. The highest BCUT2D eigenvalue weighted by Gasteiger charge is 2.43. The number of ketones is 1. The second kappa shape index (κ2) is 5.68. The molecule has 23 heavy (non-hydrogen) atoms. The highest BCUT2D eigenvalue weighted by Crippen LogP contribution is 2.48. The van der Waals surface area contributed by atoms with Crippen molar-refractivity contribution in [3.8, 4) is 6.07 Å². The number of allylic oxidation sites excluding steroid dienone is 3. The first-order chi connectivity index (χ1) is 10.8. The van der Waals surface area contributed by atoms with Crippen molar-refractivity contribution in [2.75, 3.05) is 0 Å². The van der Waals surface area contributed by atoms with Gasteiger partial charge in [0.2, 0.25) is 5.88 Å². The summed E-state index contributed by atoms with van der Waals surface area (Å²) in [5.41, 5.74) is 7.68. The summed E-state index contributed by atoms with van der Waals surface area (Å²) in [5.74, 6) is 0.343. The molecule has 0 spiro atoms. The molecule has 0 saturated carbocycles. The van der Waals surface area contributed by atoms with Crippen LogP contribution in [0.5, 0.6) is 0 Å². The van der Waals surface area contributed by atoms with Gasteiger partial charge in [-0.1, -0.05) is 32.0 Å². The van der Waals surface area contributed by atoms with Crippen LogP contribution in [0.2, 0.25) is 0 Å². The average Bonchev–Trinajstić information content (AvgIpc) is 2.45. The molecule has 0 saturated heterocycles. The summed E-state index contributed by atoms with van der Waals surface area (Å²) < 4.78 is 6.68. The van der Waals surface area contributed by atoms with Crippen LogP contribution in [-0.4, -0.2) is 5.78 Å². The van der Waals surface area contributed by atoms with Crippen LogP contribution >= 0.6 is 22.6 Å². The van der Waals surface area contributed by atoms with Gasteiger partial charge in [0.1, 0.15) is 17.4 Å². The molecule has 0 unspecified atom stereocenters. The van der Waals surface area contributed by atoms with Crippen LogP contribution in [0, 0.1) is 20.3 Å². The Kier molecular flexibility index (Phi) is 3.96. The lowest BCUT2D eigenvalue weighted by atomic mass is 9.70. The van der Waals surface area contributed by atoms with E-state index in [9.17, 15) is 10.1 Å². The predicted molar refractivity (Wildman–Crippen MR) is 94.9 cm³/mol. The fraction of sp³-hybridized carbons (Fsp3) is 0.333. The third-order valence-corrected chi connectivity index (χ3v) is 5.27. The quantitative estimate of drug-likeness (QED) is 0.703. The van der Waals surface area contributed by atoms with Crippen LogP contribution in [0.1, 0.15) is 38.2 Å². The topological polar surface area (TPSA) is 76.1 Å². The van der Waals surface area contributed by atoms with Crippen LogP contribution < -0.4 is 5.73 Å². The minimum absolute atomic E-state index is 0.0427. The molecule has 118 valence electrons. The van der Waals surface area contributed by atoms with Gasteiger partial charge in [0, 0.05) is 22.0 Å². The van der Waals surface area contributed by atoms with Crippen LogP contribution in [0.4, 0.5) is 0 Å². The maximum Gasteiger partial charge on any atom is 0.205 e. The van der Waals surface area contributed by atoms with E-state index in [1.807, 2.05) is 38.1 Å². The van der Waals surface area contributed by atoms with E-state index in [2.05, 4.69) is 28.7 Å². The molecule has 0 amide bonds. The fourth-order valence-electron chi connectivity index (χ4n) is 3.30. The fourth-order valence-corrected chi connectivity index (χ4v) is 4.00. The summed E-state index contributed by atoms with van der Waals surface area (Å²) in [6.45, 7) is 4.08. The van der Waals surface area contributed by atoms with E-state index in [1.165, 1.54) is 0 Å². The number of benzene rings is 1. The van der Waals surface area contributed by atoms with E-state index in [4.69, 9.17) is 10.5 Å². The van der Waals surface area contributed by atoms with Crippen molar-refractivity contribution in [1.29, 1.82) is 5.26 Å². The van der Waals surface area contributed by atoms with Gasteiger partial charge in [0.15, 0.2) is 5.78 Å². The highest BCUT2D eigenvalue weighted by atomic mass is 127. The number of hydrogen-bond donors (Lipinski definition) is 1. The van der Waals surface area contributed by atoms with Gasteiger partial charge >= 0.3 is 0 Å². The Morgan fingerprint density at radius 1 is 1.35 bits per heavy atom. The first-order valence-electron chi connectivity index (χ1n) is 7.42. The van der Waals surface area contributed by atoms with Crippen LogP contribution in [0.15, 0.2) is 47.1 Å². The second-order valence-corrected chi connectivity index (χ2v) is 7.89. The normalized spacial score (nSPS) is 23.2. The van der Waals surface area contributed by atoms with Crippen molar-refractivity contribution < 1.29 is 9.53 Å². The maximum absolute atomic E-state index is 12.8. The molecule has 0 fully saturated rings. The number of carbonyl (C=O) groups excluding carboxylic acids is 1. The van der Waals surface area contributed by atoms with E-state index in [0.29, 0.717) is 29.7 Å². The number of nitrogens with zero attached hydrogens (tertiary/aromatic N) is 1. The van der Waals surface area contributed by atoms with Crippen molar-refractivity contribution in [2.45, 2.75) is 32.6 Å². The largest absolute Gasteiger partial charge is 0.444 e. The predicted octanol–water partition coefficient (Wildman–Crippen LogP) is 3.74. The van der Waals surface area contributed by atoms with Gasteiger partial charge in [-0.05, 0) is 39.6 Å². The van der Waals surface area contributed by atoms with E-state index in [-0.39, 0.29) is 17.1 Å². The number of ether oxygens (including phenoxy) is 1. The van der Waals surface area contributed by atoms with Crippen molar-refractivity contribution in [2.24, 2.45) is 11.1 Å². The zero-order valence-electron chi connectivity index (χ0n) is 13.0. The molecule has 1 aliphatic carbocycles. The molecular weight excluding hydrogens is 403 g/mol.